The lowest BCUT2D eigenvalue weighted by Crippen LogP contribution is -2.31. The molecule has 0 aliphatic heterocycles. The molecule has 2 N–H and O–H groups in total. The molecule has 0 saturated heterocycles. The van der Waals surface area contributed by atoms with Crippen molar-refractivity contribution in [3.8, 4) is 0 Å². The van der Waals surface area contributed by atoms with Gasteiger partial charge in [-0.15, -0.1) is 0 Å². The Balaban J connectivity index is 1.98. The molecule has 4 atom stereocenters. The third-order valence-electron chi connectivity index (χ3n) is 3.81. The van der Waals surface area contributed by atoms with Crippen molar-refractivity contribution in [2.75, 3.05) is 0 Å². The summed E-state index contributed by atoms with van der Waals surface area (Å²) in [4.78, 5) is 0. The molecule has 2 saturated carbocycles. The highest BCUT2D eigenvalue weighted by Crippen LogP contribution is 2.49. The molecule has 2 fully saturated rings. The first-order valence-electron chi connectivity index (χ1n) is 5.57. The molecule has 2 aliphatic carbocycles. The molecule has 0 aromatic carbocycles. The fourth-order valence-electron chi connectivity index (χ4n) is 3.27. The van der Waals surface area contributed by atoms with E-state index in [4.69, 9.17) is 5.73 Å². The highest BCUT2D eigenvalue weighted by atomic mass is 14.7. The van der Waals surface area contributed by atoms with Crippen LogP contribution in [0.2, 0.25) is 0 Å². The Labute approximate surface area is 81.4 Å². The highest BCUT2D eigenvalue weighted by molar-refractivity contribution is 5.06. The van der Waals surface area contributed by atoms with Crippen molar-refractivity contribution >= 4 is 0 Å². The van der Waals surface area contributed by atoms with E-state index >= 15 is 0 Å². The van der Waals surface area contributed by atoms with Crippen LogP contribution in [0.1, 0.15) is 39.5 Å². The van der Waals surface area contributed by atoms with Crippen LogP contribution >= 0.6 is 0 Å². The zero-order valence-corrected chi connectivity index (χ0v) is 8.79. The number of nitrogens with two attached hydrogens (primary N) is 1. The summed E-state index contributed by atoms with van der Waals surface area (Å²) in [5, 5.41) is 0. The van der Waals surface area contributed by atoms with E-state index in [-0.39, 0.29) is 0 Å². The van der Waals surface area contributed by atoms with E-state index in [0.717, 1.165) is 17.8 Å². The quantitative estimate of drug-likeness (QED) is 0.648. The lowest BCUT2D eigenvalue weighted by molar-refractivity contribution is 0.307. The predicted molar refractivity (Wildman–Crippen MR) is 56.3 cm³/mol. The number of hydrogen-bond donors (Lipinski definition) is 1. The summed E-state index contributed by atoms with van der Waals surface area (Å²) >= 11 is 0. The Bertz CT molecular complexity index is 215. The molecular weight excluding hydrogens is 158 g/mol. The van der Waals surface area contributed by atoms with Gasteiger partial charge in [0.1, 0.15) is 0 Å². The molecule has 0 spiro atoms. The van der Waals surface area contributed by atoms with Crippen molar-refractivity contribution in [1.82, 2.24) is 0 Å². The SMILES string of the molecule is CC(C)=CC(N)C1CC2CCC1C2. The van der Waals surface area contributed by atoms with Gasteiger partial charge in [-0.05, 0) is 50.9 Å². The van der Waals surface area contributed by atoms with Crippen molar-refractivity contribution in [3.05, 3.63) is 11.6 Å². The summed E-state index contributed by atoms with van der Waals surface area (Å²) in [5.74, 6) is 2.77. The summed E-state index contributed by atoms with van der Waals surface area (Å²) in [5.41, 5.74) is 7.56. The molecule has 0 heterocycles. The van der Waals surface area contributed by atoms with E-state index < -0.39 is 0 Å². The Morgan fingerprint density at radius 2 is 2.08 bits per heavy atom. The maximum absolute atomic E-state index is 6.19. The van der Waals surface area contributed by atoms with Gasteiger partial charge in [0.25, 0.3) is 0 Å². The van der Waals surface area contributed by atoms with Gasteiger partial charge in [0.05, 0.1) is 0 Å². The van der Waals surface area contributed by atoms with Crippen molar-refractivity contribution in [3.63, 3.8) is 0 Å². The second-order valence-corrected chi connectivity index (χ2v) is 5.16. The van der Waals surface area contributed by atoms with Gasteiger partial charge in [-0.1, -0.05) is 18.1 Å². The highest BCUT2D eigenvalue weighted by Gasteiger charge is 2.41. The molecule has 74 valence electrons. The summed E-state index contributed by atoms with van der Waals surface area (Å²) in [6, 6.07) is 0.334. The average molecular weight is 179 g/mol. The van der Waals surface area contributed by atoms with Crippen molar-refractivity contribution < 1.29 is 0 Å². The first-order valence-corrected chi connectivity index (χ1v) is 5.57. The fourth-order valence-corrected chi connectivity index (χ4v) is 3.27. The van der Waals surface area contributed by atoms with E-state index in [9.17, 15) is 0 Å². The summed E-state index contributed by atoms with van der Waals surface area (Å²) in [7, 11) is 0. The number of allylic oxidation sites excluding steroid dienone is 1. The predicted octanol–water partition coefficient (Wildman–Crippen LogP) is 2.72. The van der Waals surface area contributed by atoms with Gasteiger partial charge in [0.15, 0.2) is 0 Å². The maximum Gasteiger partial charge on any atom is 0.0257 e. The zero-order valence-electron chi connectivity index (χ0n) is 8.79. The number of hydrogen-bond acceptors (Lipinski definition) is 1. The van der Waals surface area contributed by atoms with E-state index in [1.807, 2.05) is 0 Å². The van der Waals surface area contributed by atoms with Gasteiger partial charge >= 0.3 is 0 Å². The summed E-state index contributed by atoms with van der Waals surface area (Å²) in [6.07, 6.45) is 8.04. The van der Waals surface area contributed by atoms with Crippen LogP contribution in [0.25, 0.3) is 0 Å². The molecule has 2 bridgehead atoms. The molecule has 0 radical (unpaired) electrons. The minimum atomic E-state index is 0.334. The Morgan fingerprint density at radius 1 is 1.31 bits per heavy atom. The maximum atomic E-state index is 6.19. The van der Waals surface area contributed by atoms with Crippen LogP contribution in [-0.2, 0) is 0 Å². The lowest BCUT2D eigenvalue weighted by Gasteiger charge is -2.25. The summed E-state index contributed by atoms with van der Waals surface area (Å²) < 4.78 is 0. The molecule has 0 aromatic rings. The Morgan fingerprint density at radius 3 is 2.54 bits per heavy atom. The lowest BCUT2D eigenvalue weighted by atomic mass is 9.83. The van der Waals surface area contributed by atoms with Crippen molar-refractivity contribution in [1.29, 1.82) is 0 Å². The zero-order chi connectivity index (χ0) is 9.42. The molecule has 1 heteroatoms. The molecule has 0 aromatic heterocycles. The number of rotatable bonds is 2. The molecule has 2 aliphatic rings. The van der Waals surface area contributed by atoms with E-state index in [1.165, 1.54) is 31.3 Å². The van der Waals surface area contributed by atoms with Crippen LogP contribution in [0.5, 0.6) is 0 Å². The van der Waals surface area contributed by atoms with Crippen molar-refractivity contribution in [2.45, 2.75) is 45.6 Å². The van der Waals surface area contributed by atoms with Crippen LogP contribution < -0.4 is 5.73 Å². The van der Waals surface area contributed by atoms with Crippen LogP contribution in [0.4, 0.5) is 0 Å². The minimum absolute atomic E-state index is 0.334. The molecule has 2 rings (SSSR count). The minimum Gasteiger partial charge on any atom is -0.324 e. The summed E-state index contributed by atoms with van der Waals surface area (Å²) in [6.45, 7) is 4.29. The van der Waals surface area contributed by atoms with Gasteiger partial charge in [0.2, 0.25) is 0 Å². The standard InChI is InChI=1S/C12H21N/c1-8(2)5-12(13)11-7-9-3-4-10(11)6-9/h5,9-12H,3-4,6-7,13H2,1-2H3. The first kappa shape index (κ1) is 9.26. The van der Waals surface area contributed by atoms with Gasteiger partial charge in [-0.25, -0.2) is 0 Å². The second kappa shape index (κ2) is 3.45. The monoisotopic (exact) mass is 179 g/mol. The molecule has 4 unspecified atom stereocenters. The van der Waals surface area contributed by atoms with Gasteiger partial charge in [-0.2, -0.15) is 0 Å². The van der Waals surface area contributed by atoms with Crippen molar-refractivity contribution in [2.24, 2.45) is 23.5 Å². The topological polar surface area (TPSA) is 26.0 Å². The Kier molecular flexibility index (Phi) is 2.46. The fraction of sp³-hybridized carbons (Fsp3) is 0.833. The van der Waals surface area contributed by atoms with E-state index in [2.05, 4.69) is 19.9 Å². The third-order valence-corrected chi connectivity index (χ3v) is 3.81. The second-order valence-electron chi connectivity index (χ2n) is 5.16. The molecule has 0 amide bonds. The van der Waals surface area contributed by atoms with Crippen LogP contribution in [0.3, 0.4) is 0 Å². The number of fused-ring (bicyclic) bond motifs is 2. The van der Waals surface area contributed by atoms with Crippen LogP contribution in [0, 0.1) is 17.8 Å². The molecule has 13 heavy (non-hydrogen) atoms. The van der Waals surface area contributed by atoms with Gasteiger partial charge in [0, 0.05) is 6.04 Å². The van der Waals surface area contributed by atoms with Crippen LogP contribution in [0.15, 0.2) is 11.6 Å². The average Bonchev–Trinajstić information content (AvgIpc) is 2.62. The van der Waals surface area contributed by atoms with E-state index in [0.29, 0.717) is 6.04 Å². The third kappa shape index (κ3) is 1.80. The largest absolute Gasteiger partial charge is 0.324 e. The normalized spacial score (nSPS) is 39.2. The van der Waals surface area contributed by atoms with Crippen LogP contribution in [-0.4, -0.2) is 6.04 Å². The smallest absolute Gasteiger partial charge is 0.0257 e. The van der Waals surface area contributed by atoms with Gasteiger partial charge < -0.3 is 5.73 Å². The molecular formula is C12H21N. The Hall–Kier alpha value is -0.300. The van der Waals surface area contributed by atoms with Gasteiger partial charge in [-0.3, -0.25) is 0 Å². The molecule has 1 nitrogen and oxygen atoms in total. The first-order chi connectivity index (χ1) is 6.16. The van der Waals surface area contributed by atoms with E-state index in [1.54, 1.807) is 0 Å².